The van der Waals surface area contributed by atoms with Crippen LogP contribution in [0, 0.1) is 17.5 Å². The number of nitrogens with zero attached hydrogens (tertiary/aromatic N) is 1. The van der Waals surface area contributed by atoms with E-state index < -0.39 is 45.6 Å². The molecule has 0 saturated heterocycles. The Bertz CT molecular complexity index is 1190. The first-order valence-electron chi connectivity index (χ1n) is 8.89. The van der Waals surface area contributed by atoms with Gasteiger partial charge >= 0.3 is 0 Å². The summed E-state index contributed by atoms with van der Waals surface area (Å²) in [6.07, 6.45) is 0. The molecule has 31 heavy (non-hydrogen) atoms. The summed E-state index contributed by atoms with van der Waals surface area (Å²) in [5, 5.41) is 2.07. The summed E-state index contributed by atoms with van der Waals surface area (Å²) in [7, 11) is -2.74. The molecule has 162 valence electrons. The van der Waals surface area contributed by atoms with E-state index in [1.54, 1.807) is 6.07 Å². The van der Waals surface area contributed by atoms with Crippen molar-refractivity contribution in [3.05, 3.63) is 84.2 Å². The largest absolute Gasteiger partial charge is 0.497 e. The van der Waals surface area contributed by atoms with Crippen molar-refractivity contribution in [1.82, 2.24) is 0 Å². The van der Waals surface area contributed by atoms with Gasteiger partial charge in [0.25, 0.3) is 10.0 Å². The Balaban J connectivity index is 1.95. The summed E-state index contributed by atoms with van der Waals surface area (Å²) in [5.74, 6) is -5.24. The van der Waals surface area contributed by atoms with Crippen LogP contribution in [0.5, 0.6) is 5.75 Å². The molecule has 0 saturated carbocycles. The van der Waals surface area contributed by atoms with Crippen LogP contribution in [0.4, 0.5) is 24.5 Å². The van der Waals surface area contributed by atoms with Crippen molar-refractivity contribution in [2.45, 2.75) is 4.90 Å². The molecule has 10 heteroatoms. The lowest BCUT2D eigenvalue weighted by Gasteiger charge is -2.24. The fourth-order valence-corrected chi connectivity index (χ4v) is 4.17. The van der Waals surface area contributed by atoms with Crippen molar-refractivity contribution in [2.75, 3.05) is 23.3 Å². The number of hydrogen-bond donors (Lipinski definition) is 1. The van der Waals surface area contributed by atoms with Gasteiger partial charge in [-0.2, -0.15) is 0 Å². The molecule has 0 aliphatic rings. The Morgan fingerprint density at radius 1 is 0.935 bits per heavy atom. The van der Waals surface area contributed by atoms with Crippen LogP contribution in [0.15, 0.2) is 71.6 Å². The number of halogens is 3. The lowest BCUT2D eigenvalue weighted by Crippen LogP contribution is -2.38. The topological polar surface area (TPSA) is 75.7 Å². The summed E-state index contributed by atoms with van der Waals surface area (Å²) in [5.41, 5.74) is -0.471. The third-order valence-corrected chi connectivity index (χ3v) is 6.08. The highest BCUT2D eigenvalue weighted by atomic mass is 32.2. The minimum absolute atomic E-state index is 0.0716. The zero-order chi connectivity index (χ0) is 22.6. The number of hydrogen-bond acceptors (Lipinski definition) is 4. The third kappa shape index (κ3) is 4.80. The number of anilines is 2. The van der Waals surface area contributed by atoms with Crippen molar-refractivity contribution in [2.24, 2.45) is 0 Å². The Morgan fingerprint density at radius 3 is 2.19 bits per heavy atom. The zero-order valence-corrected chi connectivity index (χ0v) is 17.0. The second-order valence-corrected chi connectivity index (χ2v) is 8.16. The highest BCUT2D eigenvalue weighted by Crippen LogP contribution is 2.26. The lowest BCUT2D eigenvalue weighted by molar-refractivity contribution is -0.114. The van der Waals surface area contributed by atoms with E-state index in [0.29, 0.717) is 11.8 Å². The second-order valence-electron chi connectivity index (χ2n) is 6.29. The van der Waals surface area contributed by atoms with Gasteiger partial charge in [0.15, 0.2) is 17.5 Å². The molecule has 3 rings (SSSR count). The summed E-state index contributed by atoms with van der Waals surface area (Å²) in [6.45, 7) is -0.748. The van der Waals surface area contributed by atoms with Crippen molar-refractivity contribution >= 4 is 27.3 Å². The smallest absolute Gasteiger partial charge is 0.264 e. The maximum absolute atomic E-state index is 13.9. The van der Waals surface area contributed by atoms with Crippen molar-refractivity contribution < 1.29 is 31.1 Å². The molecule has 0 radical (unpaired) electrons. The van der Waals surface area contributed by atoms with E-state index in [2.05, 4.69) is 5.32 Å². The maximum atomic E-state index is 13.9. The predicted octanol–water partition coefficient (Wildman–Crippen LogP) is 3.95. The van der Waals surface area contributed by atoms with Crippen LogP contribution in [0.25, 0.3) is 0 Å². The monoisotopic (exact) mass is 450 g/mol. The molecule has 0 heterocycles. The number of nitrogens with one attached hydrogen (secondary N) is 1. The molecule has 1 N–H and O–H groups in total. The van der Waals surface area contributed by atoms with Gasteiger partial charge in [0.1, 0.15) is 12.3 Å². The average Bonchev–Trinajstić information content (AvgIpc) is 2.78. The van der Waals surface area contributed by atoms with Gasteiger partial charge in [0.2, 0.25) is 5.91 Å². The van der Waals surface area contributed by atoms with Crippen LogP contribution in [0.1, 0.15) is 0 Å². The number of rotatable bonds is 7. The van der Waals surface area contributed by atoms with Crippen LogP contribution in [0.2, 0.25) is 0 Å². The summed E-state index contributed by atoms with van der Waals surface area (Å²) in [6, 6.07) is 14.8. The van der Waals surface area contributed by atoms with Gasteiger partial charge < -0.3 is 10.1 Å². The molecule has 6 nitrogen and oxygen atoms in total. The molecule has 0 aromatic heterocycles. The Hall–Kier alpha value is -3.53. The first-order chi connectivity index (χ1) is 14.7. The molecule has 0 fully saturated rings. The first kappa shape index (κ1) is 22.2. The molecule has 1 amide bonds. The van der Waals surface area contributed by atoms with Gasteiger partial charge in [0.05, 0.1) is 23.4 Å². The van der Waals surface area contributed by atoms with Crippen LogP contribution >= 0.6 is 0 Å². The second kappa shape index (κ2) is 9.09. The number of ether oxygens (including phenoxy) is 1. The van der Waals surface area contributed by atoms with Crippen LogP contribution in [-0.2, 0) is 14.8 Å². The molecule has 0 bridgehead atoms. The molecular weight excluding hydrogens is 433 g/mol. The summed E-state index contributed by atoms with van der Waals surface area (Å²) in [4.78, 5) is 12.4. The van der Waals surface area contributed by atoms with Crippen molar-refractivity contribution in [1.29, 1.82) is 0 Å². The number of sulfonamides is 1. The molecule has 0 aliphatic heterocycles. The zero-order valence-electron chi connectivity index (χ0n) is 16.2. The van der Waals surface area contributed by atoms with Gasteiger partial charge in [0, 0.05) is 0 Å². The van der Waals surface area contributed by atoms with E-state index in [9.17, 15) is 26.4 Å². The van der Waals surface area contributed by atoms with E-state index in [1.165, 1.54) is 55.6 Å². The Labute approximate surface area is 176 Å². The normalized spacial score (nSPS) is 11.1. The number of benzene rings is 3. The molecule has 0 spiro atoms. The van der Waals surface area contributed by atoms with Crippen LogP contribution < -0.4 is 14.4 Å². The van der Waals surface area contributed by atoms with Gasteiger partial charge in [-0.1, -0.05) is 18.2 Å². The van der Waals surface area contributed by atoms with E-state index in [-0.39, 0.29) is 10.6 Å². The van der Waals surface area contributed by atoms with Crippen molar-refractivity contribution in [3.63, 3.8) is 0 Å². The number of carbonyl (C=O) groups excluding carboxylic acids is 1. The lowest BCUT2D eigenvalue weighted by atomic mass is 10.2. The Morgan fingerprint density at radius 2 is 1.58 bits per heavy atom. The summed E-state index contributed by atoms with van der Waals surface area (Å²) < 4.78 is 72.6. The van der Waals surface area contributed by atoms with Crippen molar-refractivity contribution in [3.8, 4) is 5.75 Å². The maximum Gasteiger partial charge on any atom is 0.264 e. The molecule has 0 aliphatic carbocycles. The van der Waals surface area contributed by atoms with Crippen LogP contribution in [-0.4, -0.2) is 28.0 Å². The van der Waals surface area contributed by atoms with Crippen LogP contribution in [0.3, 0.4) is 0 Å². The fourth-order valence-electron chi connectivity index (χ4n) is 2.73. The predicted molar refractivity (Wildman–Crippen MR) is 109 cm³/mol. The van der Waals surface area contributed by atoms with E-state index in [4.69, 9.17) is 4.74 Å². The number of methoxy groups -OCH3 is 1. The average molecular weight is 450 g/mol. The third-order valence-electron chi connectivity index (χ3n) is 4.29. The quantitative estimate of drug-likeness (QED) is 0.553. The molecular formula is C21H17F3N2O4S. The highest BCUT2D eigenvalue weighted by Gasteiger charge is 2.27. The SMILES string of the molecule is COc1ccc(N(CC(=O)Nc2ccc(F)c(F)c2F)S(=O)(=O)c2ccccc2)cc1. The summed E-state index contributed by atoms with van der Waals surface area (Å²) >= 11 is 0. The Kier molecular flexibility index (Phi) is 6.50. The van der Waals surface area contributed by atoms with Gasteiger partial charge in [-0.15, -0.1) is 0 Å². The van der Waals surface area contributed by atoms with Gasteiger partial charge in [-0.25, -0.2) is 21.6 Å². The molecule has 0 atom stereocenters. The first-order valence-corrected chi connectivity index (χ1v) is 10.3. The van der Waals surface area contributed by atoms with E-state index in [1.807, 2.05) is 0 Å². The van der Waals surface area contributed by atoms with E-state index >= 15 is 0 Å². The minimum atomic E-state index is -4.18. The van der Waals surface area contributed by atoms with Gasteiger partial charge in [-0.3, -0.25) is 9.10 Å². The minimum Gasteiger partial charge on any atom is -0.497 e. The van der Waals surface area contributed by atoms with E-state index in [0.717, 1.165) is 10.4 Å². The standard InChI is InChI=1S/C21H17F3N2O4S/c1-30-15-9-7-14(8-10-15)26(31(28,29)16-5-3-2-4-6-16)13-19(27)25-18-12-11-17(22)20(23)21(18)24/h2-12H,13H2,1H3,(H,25,27). The number of carbonyl (C=O) groups is 1. The molecule has 3 aromatic rings. The molecule has 0 unspecified atom stereocenters. The van der Waals surface area contributed by atoms with Gasteiger partial charge in [-0.05, 0) is 48.5 Å². The number of amides is 1. The fraction of sp³-hybridized carbons (Fsp3) is 0.0952. The highest BCUT2D eigenvalue weighted by molar-refractivity contribution is 7.92. The molecule has 3 aromatic carbocycles.